The maximum absolute atomic E-state index is 11.9. The van der Waals surface area contributed by atoms with Gasteiger partial charge in [-0.1, -0.05) is 30.3 Å². The molecule has 0 aliphatic heterocycles. The molecule has 1 N–H and O–H groups in total. The second-order valence-electron chi connectivity index (χ2n) is 5.08. The molecule has 0 fully saturated rings. The van der Waals surface area contributed by atoms with E-state index in [9.17, 15) is 19.7 Å². The lowest BCUT2D eigenvalue weighted by Crippen LogP contribution is -2.28. The Labute approximate surface area is 149 Å². The van der Waals surface area contributed by atoms with Crippen molar-refractivity contribution < 1.29 is 24.0 Å². The molecule has 2 rings (SSSR count). The number of hydrogen-bond acceptors (Lipinski definition) is 6. The van der Waals surface area contributed by atoms with E-state index in [-0.39, 0.29) is 18.0 Å². The summed E-state index contributed by atoms with van der Waals surface area (Å²) in [6.45, 7) is -0.108. The lowest BCUT2D eigenvalue weighted by atomic mass is 10.2. The predicted octanol–water partition coefficient (Wildman–Crippen LogP) is 3.04. The summed E-state index contributed by atoms with van der Waals surface area (Å²) in [7, 11) is 1.20. The van der Waals surface area contributed by atoms with Crippen molar-refractivity contribution in [3.8, 4) is 0 Å². The Kier molecular flexibility index (Phi) is 6.44. The van der Waals surface area contributed by atoms with E-state index >= 15 is 0 Å². The van der Waals surface area contributed by atoms with Gasteiger partial charge in [0.2, 0.25) is 0 Å². The normalized spacial score (nSPS) is 10.7. The Morgan fingerprint density at radius 2 is 1.77 bits per heavy atom. The van der Waals surface area contributed by atoms with E-state index in [2.05, 4.69) is 10.1 Å². The van der Waals surface area contributed by atoms with Crippen LogP contribution in [-0.2, 0) is 20.9 Å². The first-order valence-electron chi connectivity index (χ1n) is 7.52. The number of esters is 1. The Balaban J connectivity index is 2.00. The van der Waals surface area contributed by atoms with Crippen molar-refractivity contribution in [2.24, 2.45) is 0 Å². The molecule has 26 heavy (non-hydrogen) atoms. The molecule has 0 aromatic heterocycles. The third kappa shape index (κ3) is 5.45. The Morgan fingerprint density at radius 3 is 2.35 bits per heavy atom. The van der Waals surface area contributed by atoms with Gasteiger partial charge in [-0.05, 0) is 29.3 Å². The van der Waals surface area contributed by atoms with Gasteiger partial charge >= 0.3 is 12.1 Å². The van der Waals surface area contributed by atoms with Crippen LogP contribution in [0.15, 0.2) is 60.3 Å². The van der Waals surface area contributed by atoms with Crippen molar-refractivity contribution >= 4 is 23.8 Å². The molecule has 1 amide bonds. The van der Waals surface area contributed by atoms with E-state index in [0.717, 1.165) is 0 Å². The molecule has 0 spiro atoms. The third-order valence-corrected chi connectivity index (χ3v) is 3.27. The molecule has 2 aromatic rings. The van der Waals surface area contributed by atoms with Crippen LogP contribution in [0.25, 0.3) is 6.08 Å². The highest BCUT2D eigenvalue weighted by atomic mass is 16.6. The number of hydrogen-bond donors (Lipinski definition) is 1. The van der Waals surface area contributed by atoms with Gasteiger partial charge in [0.05, 0.1) is 12.0 Å². The highest BCUT2D eigenvalue weighted by Crippen LogP contribution is 2.13. The number of non-ortho nitro benzene ring substituents is 1. The van der Waals surface area contributed by atoms with E-state index in [0.29, 0.717) is 11.1 Å². The van der Waals surface area contributed by atoms with E-state index in [4.69, 9.17) is 4.74 Å². The van der Waals surface area contributed by atoms with E-state index in [1.54, 1.807) is 24.3 Å². The number of carbonyl (C=O) groups is 2. The lowest BCUT2D eigenvalue weighted by molar-refractivity contribution is -0.384. The fourth-order valence-corrected chi connectivity index (χ4v) is 1.98. The molecule has 2 aromatic carbocycles. The van der Waals surface area contributed by atoms with Crippen molar-refractivity contribution in [3.05, 3.63) is 81.5 Å². The first-order valence-corrected chi connectivity index (χ1v) is 7.52. The van der Waals surface area contributed by atoms with E-state index in [1.165, 1.54) is 37.5 Å². The summed E-state index contributed by atoms with van der Waals surface area (Å²) in [5.74, 6) is -0.721. The number of carbonyl (C=O) groups excluding carboxylic acids is 2. The molecular weight excluding hydrogens is 340 g/mol. The number of ether oxygens (including phenoxy) is 2. The summed E-state index contributed by atoms with van der Waals surface area (Å²) >= 11 is 0. The largest absolute Gasteiger partial charge is 0.464 e. The summed E-state index contributed by atoms with van der Waals surface area (Å²) in [5, 5.41) is 12.9. The highest BCUT2D eigenvalue weighted by molar-refractivity contribution is 5.96. The summed E-state index contributed by atoms with van der Waals surface area (Å²) in [5.41, 5.74) is 1.13. The Bertz CT molecular complexity index is 815. The third-order valence-electron chi connectivity index (χ3n) is 3.27. The van der Waals surface area contributed by atoms with Crippen molar-refractivity contribution in [2.75, 3.05) is 7.11 Å². The van der Waals surface area contributed by atoms with Crippen LogP contribution in [0.1, 0.15) is 11.1 Å². The smallest absolute Gasteiger partial charge is 0.412 e. The van der Waals surface area contributed by atoms with Crippen LogP contribution in [-0.4, -0.2) is 24.1 Å². The zero-order valence-corrected chi connectivity index (χ0v) is 13.9. The average molecular weight is 356 g/mol. The SMILES string of the molecule is COC(=O)/C(=C\c1ccccc1)NC(=O)OCc1ccc([N+](=O)[O-])cc1. The highest BCUT2D eigenvalue weighted by Gasteiger charge is 2.14. The van der Waals surface area contributed by atoms with Crippen LogP contribution in [0.3, 0.4) is 0 Å². The summed E-state index contributed by atoms with van der Waals surface area (Å²) in [6, 6.07) is 14.5. The molecule has 0 radical (unpaired) electrons. The Morgan fingerprint density at radius 1 is 1.12 bits per heavy atom. The van der Waals surface area contributed by atoms with Gasteiger partial charge < -0.3 is 9.47 Å². The number of amides is 1. The van der Waals surface area contributed by atoms with Crippen molar-refractivity contribution in [3.63, 3.8) is 0 Å². The van der Waals surface area contributed by atoms with Crippen molar-refractivity contribution in [1.82, 2.24) is 5.32 Å². The maximum Gasteiger partial charge on any atom is 0.412 e. The summed E-state index contributed by atoms with van der Waals surface area (Å²) in [4.78, 5) is 33.8. The first kappa shape index (κ1) is 18.7. The van der Waals surface area contributed by atoms with Gasteiger partial charge in [-0.3, -0.25) is 15.4 Å². The number of nitro benzene ring substituents is 1. The molecule has 0 unspecified atom stereocenters. The van der Waals surface area contributed by atoms with E-state index in [1.807, 2.05) is 6.07 Å². The summed E-state index contributed by atoms with van der Waals surface area (Å²) in [6.07, 6.45) is 0.606. The number of nitro groups is 1. The molecule has 0 saturated heterocycles. The molecule has 0 saturated carbocycles. The second kappa shape index (κ2) is 8.97. The monoisotopic (exact) mass is 356 g/mol. The van der Waals surface area contributed by atoms with Crippen molar-refractivity contribution in [1.29, 1.82) is 0 Å². The maximum atomic E-state index is 11.9. The van der Waals surface area contributed by atoms with Gasteiger partial charge in [0.1, 0.15) is 12.3 Å². The molecule has 8 heteroatoms. The first-order chi connectivity index (χ1) is 12.5. The van der Waals surface area contributed by atoms with Gasteiger partial charge in [-0.15, -0.1) is 0 Å². The van der Waals surface area contributed by atoms with Gasteiger partial charge in [-0.2, -0.15) is 0 Å². The van der Waals surface area contributed by atoms with E-state index < -0.39 is 17.0 Å². The quantitative estimate of drug-likeness (QED) is 0.369. The fourth-order valence-electron chi connectivity index (χ4n) is 1.98. The number of benzene rings is 2. The van der Waals surface area contributed by atoms with Crippen LogP contribution in [0.2, 0.25) is 0 Å². The van der Waals surface area contributed by atoms with Crippen LogP contribution < -0.4 is 5.32 Å². The molecule has 0 bridgehead atoms. The number of methoxy groups -OCH3 is 1. The molecule has 8 nitrogen and oxygen atoms in total. The number of nitrogens with one attached hydrogen (secondary N) is 1. The van der Waals surface area contributed by atoms with Gasteiger partial charge in [0.15, 0.2) is 0 Å². The molecule has 134 valence electrons. The van der Waals surface area contributed by atoms with Gasteiger partial charge in [0.25, 0.3) is 5.69 Å². The molecule has 0 atom stereocenters. The van der Waals surface area contributed by atoms with Crippen LogP contribution in [0.4, 0.5) is 10.5 Å². The minimum absolute atomic E-state index is 0.0584. The van der Waals surface area contributed by atoms with Crippen molar-refractivity contribution in [2.45, 2.75) is 6.61 Å². The number of alkyl carbamates (subject to hydrolysis) is 1. The molecule has 0 aliphatic rings. The minimum atomic E-state index is -0.851. The second-order valence-corrected chi connectivity index (χ2v) is 5.08. The van der Waals surface area contributed by atoms with Gasteiger partial charge in [-0.25, -0.2) is 9.59 Å². The number of nitrogens with zero attached hydrogens (tertiary/aromatic N) is 1. The standard InChI is InChI=1S/C18H16N2O6/c1-25-17(21)16(11-13-5-3-2-4-6-13)19-18(22)26-12-14-7-9-15(10-8-14)20(23)24/h2-11H,12H2,1H3,(H,19,22)/b16-11+. The molecule has 0 heterocycles. The zero-order valence-electron chi connectivity index (χ0n) is 13.9. The zero-order chi connectivity index (χ0) is 18.9. The molecule has 0 aliphatic carbocycles. The predicted molar refractivity (Wildman–Crippen MR) is 92.9 cm³/mol. The number of rotatable bonds is 6. The van der Waals surface area contributed by atoms with Gasteiger partial charge in [0, 0.05) is 12.1 Å². The summed E-state index contributed by atoms with van der Waals surface area (Å²) < 4.78 is 9.67. The van der Waals surface area contributed by atoms with Crippen LogP contribution in [0, 0.1) is 10.1 Å². The minimum Gasteiger partial charge on any atom is -0.464 e. The lowest BCUT2D eigenvalue weighted by Gasteiger charge is -2.09. The van der Waals surface area contributed by atoms with Crippen LogP contribution >= 0.6 is 0 Å². The average Bonchev–Trinajstić information content (AvgIpc) is 2.66. The topological polar surface area (TPSA) is 108 Å². The fraction of sp³-hybridized carbons (Fsp3) is 0.111. The van der Waals surface area contributed by atoms with Crippen LogP contribution in [0.5, 0.6) is 0 Å². The Hall–Kier alpha value is -3.68. The molecular formula is C18H16N2O6.